The SMILES string of the molecule is O=C(NCc1ccc(CCO)cc1)NC1CCC2(CC1)COC2. The number of amides is 2. The van der Waals surface area contributed by atoms with Crippen LogP contribution in [-0.4, -0.2) is 37.0 Å². The van der Waals surface area contributed by atoms with Gasteiger partial charge in [0.2, 0.25) is 0 Å². The van der Waals surface area contributed by atoms with Crippen molar-refractivity contribution < 1.29 is 14.6 Å². The van der Waals surface area contributed by atoms with E-state index in [1.54, 1.807) is 0 Å². The number of carbonyl (C=O) groups is 1. The second kappa shape index (κ2) is 7.32. The van der Waals surface area contributed by atoms with Crippen molar-refractivity contribution in [3.05, 3.63) is 35.4 Å². The van der Waals surface area contributed by atoms with Gasteiger partial charge in [0.05, 0.1) is 13.2 Å². The Morgan fingerprint density at radius 3 is 2.39 bits per heavy atom. The highest BCUT2D eigenvalue weighted by molar-refractivity contribution is 5.74. The second-order valence-corrected chi connectivity index (χ2v) is 6.88. The summed E-state index contributed by atoms with van der Waals surface area (Å²) in [5, 5.41) is 14.9. The maximum absolute atomic E-state index is 12.0. The predicted molar refractivity (Wildman–Crippen MR) is 88.1 cm³/mol. The lowest BCUT2D eigenvalue weighted by atomic mass is 9.71. The molecule has 0 atom stereocenters. The maximum Gasteiger partial charge on any atom is 0.315 e. The summed E-state index contributed by atoms with van der Waals surface area (Å²) in [7, 11) is 0. The van der Waals surface area contributed by atoms with Crippen LogP contribution in [0.25, 0.3) is 0 Å². The molecule has 2 amide bonds. The highest BCUT2D eigenvalue weighted by atomic mass is 16.5. The van der Waals surface area contributed by atoms with Gasteiger partial charge in [-0.3, -0.25) is 0 Å². The predicted octanol–water partition coefficient (Wildman–Crippen LogP) is 1.98. The van der Waals surface area contributed by atoms with Gasteiger partial charge >= 0.3 is 6.03 Å². The molecule has 1 heterocycles. The molecule has 1 aliphatic carbocycles. The van der Waals surface area contributed by atoms with Gasteiger partial charge in [-0.15, -0.1) is 0 Å². The van der Waals surface area contributed by atoms with Crippen LogP contribution in [0.2, 0.25) is 0 Å². The number of carbonyl (C=O) groups excluding carboxylic acids is 1. The van der Waals surface area contributed by atoms with Crippen molar-refractivity contribution >= 4 is 6.03 Å². The molecule has 1 aromatic carbocycles. The molecule has 5 heteroatoms. The van der Waals surface area contributed by atoms with Crippen LogP contribution in [0, 0.1) is 5.41 Å². The van der Waals surface area contributed by atoms with E-state index in [0.717, 1.165) is 50.0 Å². The molecule has 2 aliphatic rings. The van der Waals surface area contributed by atoms with Crippen molar-refractivity contribution in [1.82, 2.24) is 10.6 Å². The van der Waals surface area contributed by atoms with Crippen LogP contribution in [0.1, 0.15) is 36.8 Å². The van der Waals surface area contributed by atoms with E-state index in [1.807, 2.05) is 24.3 Å². The van der Waals surface area contributed by atoms with Gasteiger partial charge in [-0.2, -0.15) is 0 Å². The van der Waals surface area contributed by atoms with E-state index in [-0.39, 0.29) is 18.7 Å². The van der Waals surface area contributed by atoms with Gasteiger partial charge in [0.15, 0.2) is 0 Å². The van der Waals surface area contributed by atoms with Crippen molar-refractivity contribution in [2.75, 3.05) is 19.8 Å². The number of ether oxygens (including phenoxy) is 1. The number of hydrogen-bond donors (Lipinski definition) is 3. The topological polar surface area (TPSA) is 70.6 Å². The van der Waals surface area contributed by atoms with E-state index in [1.165, 1.54) is 0 Å². The summed E-state index contributed by atoms with van der Waals surface area (Å²) in [6.07, 6.45) is 5.08. The number of rotatable bonds is 5. The summed E-state index contributed by atoms with van der Waals surface area (Å²) in [6, 6.07) is 8.17. The number of aliphatic hydroxyl groups excluding tert-OH is 1. The minimum Gasteiger partial charge on any atom is -0.396 e. The zero-order chi connectivity index (χ0) is 16.1. The van der Waals surface area contributed by atoms with Crippen molar-refractivity contribution in [2.45, 2.75) is 44.7 Å². The Hall–Kier alpha value is -1.59. The summed E-state index contributed by atoms with van der Waals surface area (Å²) in [4.78, 5) is 12.0. The Labute approximate surface area is 137 Å². The molecule has 3 N–H and O–H groups in total. The molecule has 1 spiro atoms. The lowest BCUT2D eigenvalue weighted by Crippen LogP contribution is -2.50. The van der Waals surface area contributed by atoms with Crippen molar-refractivity contribution in [2.24, 2.45) is 5.41 Å². The highest BCUT2D eigenvalue weighted by Crippen LogP contribution is 2.42. The van der Waals surface area contributed by atoms with Crippen LogP contribution < -0.4 is 10.6 Å². The van der Waals surface area contributed by atoms with Crippen LogP contribution in [0.5, 0.6) is 0 Å². The number of aliphatic hydroxyl groups is 1. The lowest BCUT2D eigenvalue weighted by molar-refractivity contribution is -0.133. The van der Waals surface area contributed by atoms with Gasteiger partial charge in [0, 0.05) is 24.6 Å². The Balaban J connectivity index is 1.38. The average Bonchev–Trinajstić information content (AvgIpc) is 2.54. The molecule has 1 saturated carbocycles. The molecule has 2 fully saturated rings. The van der Waals surface area contributed by atoms with E-state index >= 15 is 0 Å². The highest BCUT2D eigenvalue weighted by Gasteiger charge is 2.41. The van der Waals surface area contributed by atoms with E-state index in [0.29, 0.717) is 18.4 Å². The molecule has 5 nitrogen and oxygen atoms in total. The zero-order valence-corrected chi connectivity index (χ0v) is 13.5. The van der Waals surface area contributed by atoms with E-state index in [2.05, 4.69) is 10.6 Å². The average molecular weight is 318 g/mol. The first-order chi connectivity index (χ1) is 11.2. The summed E-state index contributed by atoms with van der Waals surface area (Å²) in [5.41, 5.74) is 2.60. The normalized spacial score (nSPS) is 20.0. The third kappa shape index (κ3) is 4.24. The smallest absolute Gasteiger partial charge is 0.315 e. The molecular formula is C18H26N2O3. The fourth-order valence-corrected chi connectivity index (χ4v) is 3.43. The Morgan fingerprint density at radius 2 is 1.83 bits per heavy atom. The zero-order valence-electron chi connectivity index (χ0n) is 13.5. The third-order valence-electron chi connectivity index (χ3n) is 5.07. The Morgan fingerprint density at radius 1 is 1.17 bits per heavy atom. The van der Waals surface area contributed by atoms with Crippen molar-refractivity contribution in [3.63, 3.8) is 0 Å². The molecule has 3 rings (SSSR count). The number of benzene rings is 1. The van der Waals surface area contributed by atoms with Crippen LogP contribution >= 0.6 is 0 Å². The number of urea groups is 1. The lowest BCUT2D eigenvalue weighted by Gasteiger charge is -2.46. The molecule has 0 aromatic heterocycles. The van der Waals surface area contributed by atoms with Gasteiger partial charge in [-0.05, 0) is 43.2 Å². The Kier molecular flexibility index (Phi) is 5.18. The molecule has 0 bridgehead atoms. The first kappa shape index (κ1) is 16.3. The minimum absolute atomic E-state index is 0.0877. The first-order valence-electron chi connectivity index (χ1n) is 8.50. The van der Waals surface area contributed by atoms with E-state index < -0.39 is 0 Å². The van der Waals surface area contributed by atoms with E-state index in [4.69, 9.17) is 9.84 Å². The van der Waals surface area contributed by atoms with Crippen LogP contribution in [0.3, 0.4) is 0 Å². The minimum atomic E-state index is -0.0877. The summed E-state index contributed by atoms with van der Waals surface area (Å²) in [6.45, 7) is 2.49. The van der Waals surface area contributed by atoms with Crippen molar-refractivity contribution in [3.8, 4) is 0 Å². The van der Waals surface area contributed by atoms with Gasteiger partial charge in [-0.25, -0.2) is 4.79 Å². The third-order valence-corrected chi connectivity index (χ3v) is 5.07. The molecule has 23 heavy (non-hydrogen) atoms. The molecule has 1 aliphatic heterocycles. The maximum atomic E-state index is 12.0. The summed E-state index contributed by atoms with van der Waals surface area (Å²) in [5.74, 6) is 0. The molecular weight excluding hydrogens is 292 g/mol. The summed E-state index contributed by atoms with van der Waals surface area (Å²) >= 11 is 0. The number of nitrogens with one attached hydrogen (secondary N) is 2. The fraction of sp³-hybridized carbons (Fsp3) is 0.611. The van der Waals surface area contributed by atoms with Crippen LogP contribution in [0.15, 0.2) is 24.3 Å². The second-order valence-electron chi connectivity index (χ2n) is 6.88. The monoisotopic (exact) mass is 318 g/mol. The standard InChI is InChI=1S/C18H26N2O3/c21-10-7-14-1-3-15(4-2-14)11-19-17(22)20-16-5-8-18(9-6-16)12-23-13-18/h1-4,16,21H,5-13H2,(H2,19,20,22). The molecule has 0 radical (unpaired) electrons. The van der Waals surface area contributed by atoms with Crippen LogP contribution in [-0.2, 0) is 17.7 Å². The number of hydrogen-bond acceptors (Lipinski definition) is 3. The van der Waals surface area contributed by atoms with Crippen LogP contribution in [0.4, 0.5) is 4.79 Å². The van der Waals surface area contributed by atoms with E-state index in [9.17, 15) is 4.79 Å². The summed E-state index contributed by atoms with van der Waals surface area (Å²) < 4.78 is 5.33. The van der Waals surface area contributed by atoms with Gasteiger partial charge < -0.3 is 20.5 Å². The molecule has 1 aromatic rings. The van der Waals surface area contributed by atoms with Gasteiger partial charge in [-0.1, -0.05) is 24.3 Å². The van der Waals surface area contributed by atoms with Gasteiger partial charge in [0.1, 0.15) is 0 Å². The fourth-order valence-electron chi connectivity index (χ4n) is 3.43. The molecule has 1 saturated heterocycles. The quantitative estimate of drug-likeness (QED) is 0.777. The Bertz CT molecular complexity index is 516. The van der Waals surface area contributed by atoms with Gasteiger partial charge in [0.25, 0.3) is 0 Å². The first-order valence-corrected chi connectivity index (χ1v) is 8.50. The molecule has 126 valence electrons. The molecule has 0 unspecified atom stereocenters. The van der Waals surface area contributed by atoms with Crippen molar-refractivity contribution in [1.29, 1.82) is 0 Å². The largest absolute Gasteiger partial charge is 0.396 e.